The summed E-state index contributed by atoms with van der Waals surface area (Å²) in [5, 5.41) is 15.4. The summed E-state index contributed by atoms with van der Waals surface area (Å²) in [7, 11) is 1.36. The summed E-state index contributed by atoms with van der Waals surface area (Å²) >= 11 is 1.49. The second kappa shape index (κ2) is 7.51. The number of carbonyl (C=O) groups excluding carboxylic acids is 1. The number of aliphatic hydroxyl groups excluding tert-OH is 1. The van der Waals surface area contributed by atoms with Crippen molar-refractivity contribution >= 4 is 17.3 Å². The van der Waals surface area contributed by atoms with Gasteiger partial charge in [-0.15, -0.1) is 11.3 Å². The number of rotatable bonds is 7. The fourth-order valence-corrected chi connectivity index (χ4v) is 2.38. The molecular weight excluding hydrogens is 250 g/mol. The lowest BCUT2D eigenvalue weighted by atomic mass is 10.0. The van der Waals surface area contributed by atoms with E-state index in [4.69, 9.17) is 0 Å². The highest BCUT2D eigenvalue weighted by atomic mass is 32.1. The summed E-state index contributed by atoms with van der Waals surface area (Å²) in [5.41, 5.74) is 0. The molecular formula is C13H21NO3S. The van der Waals surface area contributed by atoms with Crippen LogP contribution in [-0.4, -0.2) is 30.8 Å². The highest BCUT2D eigenvalue weighted by Gasteiger charge is 2.24. The first-order valence-electron chi connectivity index (χ1n) is 6.06. The largest absolute Gasteiger partial charge is 0.469 e. The Bertz CT molecular complexity index is 351. The second-order valence-corrected chi connectivity index (χ2v) is 5.63. The van der Waals surface area contributed by atoms with Gasteiger partial charge in [0.15, 0.2) is 0 Å². The van der Waals surface area contributed by atoms with Crippen LogP contribution in [0.4, 0.5) is 0 Å². The Morgan fingerprint density at radius 2 is 2.28 bits per heavy atom. The molecule has 0 aliphatic carbocycles. The predicted octanol–water partition coefficient (Wildman–Crippen LogP) is 1.96. The van der Waals surface area contributed by atoms with Gasteiger partial charge in [0.25, 0.3) is 0 Å². The van der Waals surface area contributed by atoms with E-state index in [1.165, 1.54) is 18.4 Å². The van der Waals surface area contributed by atoms with E-state index >= 15 is 0 Å². The molecule has 1 heterocycles. The third-order valence-electron chi connectivity index (χ3n) is 2.62. The van der Waals surface area contributed by atoms with Gasteiger partial charge in [-0.3, -0.25) is 4.79 Å². The Kier molecular flexibility index (Phi) is 6.32. The van der Waals surface area contributed by atoms with Crippen molar-refractivity contribution in [3.05, 3.63) is 22.4 Å². The van der Waals surface area contributed by atoms with Crippen LogP contribution in [0, 0.1) is 5.92 Å². The van der Waals surface area contributed by atoms with Crippen molar-refractivity contribution in [2.24, 2.45) is 5.92 Å². The molecule has 0 radical (unpaired) electrons. The summed E-state index contributed by atoms with van der Waals surface area (Å²) < 4.78 is 4.67. The Balaban J connectivity index is 2.66. The molecule has 1 aromatic rings. The van der Waals surface area contributed by atoms with E-state index in [0.29, 0.717) is 5.92 Å². The number of methoxy groups -OCH3 is 1. The van der Waals surface area contributed by atoms with Gasteiger partial charge in [0.1, 0.15) is 6.10 Å². The molecule has 2 unspecified atom stereocenters. The molecule has 0 saturated heterocycles. The molecule has 102 valence electrons. The van der Waals surface area contributed by atoms with Gasteiger partial charge in [-0.05, 0) is 23.9 Å². The van der Waals surface area contributed by atoms with Crippen molar-refractivity contribution in [1.82, 2.24) is 5.32 Å². The molecule has 0 fully saturated rings. The zero-order valence-corrected chi connectivity index (χ0v) is 11.9. The first kappa shape index (κ1) is 15.1. The topological polar surface area (TPSA) is 58.6 Å². The highest BCUT2D eigenvalue weighted by Crippen LogP contribution is 2.23. The van der Waals surface area contributed by atoms with Crippen LogP contribution in [0.25, 0.3) is 0 Å². The van der Waals surface area contributed by atoms with Crippen molar-refractivity contribution < 1.29 is 14.6 Å². The van der Waals surface area contributed by atoms with E-state index in [1.807, 2.05) is 17.5 Å². The van der Waals surface area contributed by atoms with Crippen molar-refractivity contribution in [2.75, 3.05) is 13.7 Å². The molecule has 0 aromatic carbocycles. The van der Waals surface area contributed by atoms with Gasteiger partial charge in [-0.1, -0.05) is 19.9 Å². The Labute approximate surface area is 112 Å². The van der Waals surface area contributed by atoms with E-state index in [9.17, 15) is 9.90 Å². The van der Waals surface area contributed by atoms with Gasteiger partial charge in [-0.25, -0.2) is 0 Å². The van der Waals surface area contributed by atoms with Crippen LogP contribution in [0.1, 0.15) is 31.2 Å². The lowest BCUT2D eigenvalue weighted by Gasteiger charge is -2.23. The summed E-state index contributed by atoms with van der Waals surface area (Å²) in [5.74, 6) is 0.146. The molecule has 4 nitrogen and oxygen atoms in total. The van der Waals surface area contributed by atoms with Crippen molar-refractivity contribution in [2.45, 2.75) is 32.4 Å². The lowest BCUT2D eigenvalue weighted by molar-refractivity contribution is -0.142. The summed E-state index contributed by atoms with van der Waals surface area (Å²) in [4.78, 5) is 12.2. The maximum Gasteiger partial charge on any atom is 0.307 e. The minimum atomic E-state index is -0.678. The smallest absolute Gasteiger partial charge is 0.307 e. The molecule has 18 heavy (non-hydrogen) atoms. The molecule has 0 aliphatic heterocycles. The molecule has 0 spiro atoms. The van der Waals surface area contributed by atoms with Gasteiger partial charge >= 0.3 is 5.97 Å². The first-order chi connectivity index (χ1) is 8.54. The normalized spacial score (nSPS) is 14.5. The van der Waals surface area contributed by atoms with Crippen LogP contribution in [0.3, 0.4) is 0 Å². The lowest BCUT2D eigenvalue weighted by Crippen LogP contribution is -2.38. The minimum absolute atomic E-state index is 0.169. The minimum Gasteiger partial charge on any atom is -0.469 e. The van der Waals surface area contributed by atoms with Crippen LogP contribution >= 0.6 is 11.3 Å². The number of thiophene rings is 1. The molecule has 5 heteroatoms. The molecule has 2 atom stereocenters. The predicted molar refractivity (Wildman–Crippen MR) is 72.5 cm³/mol. The number of ether oxygens (including phenoxy) is 1. The average molecular weight is 271 g/mol. The van der Waals surface area contributed by atoms with Crippen LogP contribution in [-0.2, 0) is 9.53 Å². The number of hydrogen-bond acceptors (Lipinski definition) is 5. The van der Waals surface area contributed by atoms with Gasteiger partial charge < -0.3 is 15.2 Å². The molecule has 1 rings (SSSR count). The number of aliphatic hydroxyl groups is 1. The summed E-state index contributed by atoms with van der Waals surface area (Å²) in [6, 6.07) is 3.45. The first-order valence-corrected chi connectivity index (χ1v) is 6.94. The standard InChI is InChI=1S/C13H21NO3S/c1-9(2)8-14-10(7-12(15)17-3)13(16)11-5-4-6-18-11/h4-6,9-10,13-14,16H,7-8H2,1-3H3. The fourth-order valence-electron chi connectivity index (χ4n) is 1.60. The van der Waals surface area contributed by atoms with Crippen LogP contribution in [0.15, 0.2) is 17.5 Å². The molecule has 1 aromatic heterocycles. The number of nitrogens with one attached hydrogen (secondary N) is 1. The van der Waals surface area contributed by atoms with Crippen molar-refractivity contribution in [3.63, 3.8) is 0 Å². The number of carbonyl (C=O) groups is 1. The quantitative estimate of drug-likeness (QED) is 0.744. The average Bonchev–Trinajstić information content (AvgIpc) is 2.86. The Morgan fingerprint density at radius 1 is 1.56 bits per heavy atom. The van der Waals surface area contributed by atoms with Crippen LogP contribution in [0.2, 0.25) is 0 Å². The van der Waals surface area contributed by atoms with Crippen molar-refractivity contribution in [3.8, 4) is 0 Å². The fraction of sp³-hybridized carbons (Fsp3) is 0.615. The molecule has 0 bridgehead atoms. The van der Waals surface area contributed by atoms with Crippen LogP contribution < -0.4 is 5.32 Å². The monoisotopic (exact) mass is 271 g/mol. The summed E-state index contributed by atoms with van der Waals surface area (Å²) in [6.07, 6.45) is -0.509. The summed E-state index contributed by atoms with van der Waals surface area (Å²) in [6.45, 7) is 4.92. The highest BCUT2D eigenvalue weighted by molar-refractivity contribution is 7.10. The SMILES string of the molecule is COC(=O)CC(NCC(C)C)C(O)c1cccs1. The molecule has 0 amide bonds. The van der Waals surface area contributed by atoms with E-state index in [0.717, 1.165) is 11.4 Å². The Hall–Kier alpha value is -0.910. The van der Waals surface area contributed by atoms with E-state index in [1.54, 1.807) is 0 Å². The third-order valence-corrected chi connectivity index (χ3v) is 3.56. The second-order valence-electron chi connectivity index (χ2n) is 4.65. The molecule has 0 saturated carbocycles. The van der Waals surface area contributed by atoms with E-state index in [-0.39, 0.29) is 18.4 Å². The van der Waals surface area contributed by atoms with E-state index < -0.39 is 6.10 Å². The van der Waals surface area contributed by atoms with Gasteiger partial charge in [0.2, 0.25) is 0 Å². The van der Waals surface area contributed by atoms with E-state index in [2.05, 4.69) is 23.9 Å². The molecule has 2 N–H and O–H groups in total. The van der Waals surface area contributed by atoms with Gasteiger partial charge in [0.05, 0.1) is 13.5 Å². The van der Waals surface area contributed by atoms with Gasteiger partial charge in [0, 0.05) is 10.9 Å². The van der Waals surface area contributed by atoms with Gasteiger partial charge in [-0.2, -0.15) is 0 Å². The number of hydrogen-bond donors (Lipinski definition) is 2. The number of esters is 1. The zero-order chi connectivity index (χ0) is 13.5. The third kappa shape index (κ3) is 4.76. The maximum atomic E-state index is 11.4. The zero-order valence-electron chi connectivity index (χ0n) is 11.1. The Morgan fingerprint density at radius 3 is 2.78 bits per heavy atom. The van der Waals surface area contributed by atoms with Crippen molar-refractivity contribution in [1.29, 1.82) is 0 Å². The molecule has 0 aliphatic rings. The van der Waals surface area contributed by atoms with Crippen LogP contribution in [0.5, 0.6) is 0 Å². The maximum absolute atomic E-state index is 11.4.